The first-order valence-electron chi connectivity index (χ1n) is 11.7. The van der Waals surface area contributed by atoms with Gasteiger partial charge in [0, 0.05) is 18.2 Å². The van der Waals surface area contributed by atoms with Gasteiger partial charge in [0.25, 0.3) is 5.91 Å². The molecule has 1 aromatic rings. The number of hydrogen-bond acceptors (Lipinski definition) is 5. The van der Waals surface area contributed by atoms with E-state index in [1.54, 1.807) is 6.07 Å². The second-order valence-corrected chi connectivity index (χ2v) is 8.98. The Morgan fingerprint density at radius 2 is 2.03 bits per heavy atom. The SMILES string of the molecule is CC1=C(NCCCC2CCCC(NC(=O)c3ccc4c(c3)OCCO4)C2)C(N)=CCC1. The zero-order valence-electron chi connectivity index (χ0n) is 18.5. The van der Waals surface area contributed by atoms with E-state index in [0.717, 1.165) is 50.0 Å². The Hall–Kier alpha value is -2.63. The monoisotopic (exact) mass is 425 g/mol. The van der Waals surface area contributed by atoms with Gasteiger partial charge in [-0.05, 0) is 75.1 Å². The van der Waals surface area contributed by atoms with Crippen LogP contribution >= 0.6 is 0 Å². The summed E-state index contributed by atoms with van der Waals surface area (Å²) in [4.78, 5) is 12.8. The number of benzene rings is 1. The second kappa shape index (κ2) is 10.1. The van der Waals surface area contributed by atoms with Crippen molar-refractivity contribution in [2.45, 2.75) is 64.3 Å². The maximum absolute atomic E-state index is 12.8. The van der Waals surface area contributed by atoms with E-state index in [-0.39, 0.29) is 11.9 Å². The van der Waals surface area contributed by atoms with Gasteiger partial charge < -0.3 is 25.8 Å². The first-order valence-corrected chi connectivity index (χ1v) is 11.7. The van der Waals surface area contributed by atoms with Crippen molar-refractivity contribution in [3.63, 3.8) is 0 Å². The van der Waals surface area contributed by atoms with Crippen molar-refractivity contribution in [2.75, 3.05) is 19.8 Å². The van der Waals surface area contributed by atoms with Gasteiger partial charge in [-0.25, -0.2) is 0 Å². The van der Waals surface area contributed by atoms with E-state index in [4.69, 9.17) is 15.2 Å². The summed E-state index contributed by atoms with van der Waals surface area (Å²) in [5, 5.41) is 6.79. The first-order chi connectivity index (χ1) is 15.1. The number of allylic oxidation sites excluding steroid dienone is 2. The van der Waals surface area contributed by atoms with E-state index in [1.807, 2.05) is 12.1 Å². The summed E-state index contributed by atoms with van der Waals surface area (Å²) >= 11 is 0. The molecule has 168 valence electrons. The molecule has 4 N–H and O–H groups in total. The predicted molar refractivity (Wildman–Crippen MR) is 122 cm³/mol. The molecule has 3 aliphatic rings. The maximum atomic E-state index is 12.8. The number of nitrogens with two attached hydrogens (primary N) is 1. The van der Waals surface area contributed by atoms with Crippen molar-refractivity contribution in [2.24, 2.45) is 11.7 Å². The van der Waals surface area contributed by atoms with Crippen LogP contribution in [0.2, 0.25) is 0 Å². The fraction of sp³-hybridized carbons (Fsp3) is 0.560. The van der Waals surface area contributed by atoms with Gasteiger partial charge in [-0.3, -0.25) is 4.79 Å². The molecule has 31 heavy (non-hydrogen) atoms. The molecule has 1 fully saturated rings. The molecule has 2 unspecified atom stereocenters. The Morgan fingerprint density at radius 3 is 2.87 bits per heavy atom. The van der Waals surface area contributed by atoms with Crippen molar-refractivity contribution in [3.05, 3.63) is 46.8 Å². The number of amides is 1. The molecule has 1 amide bonds. The highest BCUT2D eigenvalue weighted by Gasteiger charge is 2.24. The Balaban J connectivity index is 1.22. The van der Waals surface area contributed by atoms with E-state index >= 15 is 0 Å². The van der Waals surface area contributed by atoms with E-state index in [0.29, 0.717) is 36.2 Å². The van der Waals surface area contributed by atoms with Crippen molar-refractivity contribution in [1.29, 1.82) is 0 Å². The summed E-state index contributed by atoms with van der Waals surface area (Å²) in [6.07, 6.45) is 11.1. The number of ether oxygens (including phenoxy) is 2. The number of fused-ring (bicyclic) bond motifs is 1. The lowest BCUT2D eigenvalue weighted by molar-refractivity contribution is 0.0917. The molecular weight excluding hydrogens is 390 g/mol. The van der Waals surface area contributed by atoms with Crippen molar-refractivity contribution >= 4 is 5.91 Å². The number of rotatable bonds is 7. The fourth-order valence-electron chi connectivity index (χ4n) is 4.91. The molecule has 6 nitrogen and oxygen atoms in total. The van der Waals surface area contributed by atoms with Crippen LogP contribution in [0.15, 0.2) is 41.2 Å². The van der Waals surface area contributed by atoms with E-state index in [9.17, 15) is 4.79 Å². The largest absolute Gasteiger partial charge is 0.486 e. The van der Waals surface area contributed by atoms with E-state index in [1.165, 1.54) is 24.8 Å². The number of nitrogens with one attached hydrogen (secondary N) is 2. The highest BCUT2D eigenvalue weighted by Crippen LogP contribution is 2.32. The summed E-state index contributed by atoms with van der Waals surface area (Å²) in [7, 11) is 0. The summed E-state index contributed by atoms with van der Waals surface area (Å²) in [6.45, 7) is 4.19. The fourth-order valence-corrected chi connectivity index (χ4v) is 4.91. The van der Waals surface area contributed by atoms with Gasteiger partial charge in [-0.1, -0.05) is 18.9 Å². The van der Waals surface area contributed by atoms with Crippen LogP contribution in [0.1, 0.15) is 68.6 Å². The minimum atomic E-state index is -0.0220. The molecule has 2 aliphatic carbocycles. The molecule has 0 bridgehead atoms. The standard InChI is InChI=1S/C25H35N3O3/c1-17-5-2-9-21(26)24(17)27-12-4-7-18-6-3-8-20(15-18)28-25(29)19-10-11-22-23(16-19)31-14-13-30-22/h9-11,16,18,20,27H,2-8,12-15,26H2,1H3,(H,28,29). The van der Waals surface area contributed by atoms with Crippen LogP contribution in [0.3, 0.4) is 0 Å². The molecule has 0 radical (unpaired) electrons. The minimum absolute atomic E-state index is 0.0220. The Labute approximate surface area is 185 Å². The average Bonchev–Trinajstić information content (AvgIpc) is 2.78. The lowest BCUT2D eigenvalue weighted by Gasteiger charge is -2.30. The third-order valence-electron chi connectivity index (χ3n) is 6.61. The van der Waals surface area contributed by atoms with Gasteiger partial charge in [-0.2, -0.15) is 0 Å². The molecule has 1 saturated carbocycles. The predicted octanol–water partition coefficient (Wildman–Crippen LogP) is 4.03. The highest BCUT2D eigenvalue weighted by molar-refractivity contribution is 5.95. The van der Waals surface area contributed by atoms with E-state index < -0.39 is 0 Å². The van der Waals surface area contributed by atoms with Crippen LogP contribution < -0.4 is 25.8 Å². The normalized spacial score (nSPS) is 23.2. The zero-order valence-corrected chi connectivity index (χ0v) is 18.5. The molecule has 0 spiro atoms. The molecule has 0 saturated heterocycles. The number of carbonyl (C=O) groups is 1. The molecule has 1 heterocycles. The molecule has 1 aliphatic heterocycles. The Morgan fingerprint density at radius 1 is 1.19 bits per heavy atom. The van der Waals surface area contributed by atoms with Gasteiger partial charge in [0.05, 0.1) is 11.4 Å². The molecular formula is C25H35N3O3. The lowest BCUT2D eigenvalue weighted by Crippen LogP contribution is -2.38. The van der Waals surface area contributed by atoms with Crippen LogP contribution in [-0.2, 0) is 0 Å². The van der Waals surface area contributed by atoms with Crippen molar-refractivity contribution in [1.82, 2.24) is 10.6 Å². The van der Waals surface area contributed by atoms with Crippen LogP contribution in [-0.4, -0.2) is 31.7 Å². The summed E-state index contributed by atoms with van der Waals surface area (Å²) < 4.78 is 11.2. The van der Waals surface area contributed by atoms with Gasteiger partial charge in [-0.15, -0.1) is 0 Å². The molecule has 0 aromatic heterocycles. The molecule has 4 rings (SSSR count). The van der Waals surface area contributed by atoms with Crippen molar-refractivity contribution < 1.29 is 14.3 Å². The van der Waals surface area contributed by atoms with Crippen LogP contribution in [0.25, 0.3) is 0 Å². The smallest absolute Gasteiger partial charge is 0.251 e. The van der Waals surface area contributed by atoms with Gasteiger partial charge in [0.1, 0.15) is 13.2 Å². The quantitative estimate of drug-likeness (QED) is 0.575. The number of carbonyl (C=O) groups excluding carboxylic acids is 1. The van der Waals surface area contributed by atoms with E-state index in [2.05, 4.69) is 23.6 Å². The van der Waals surface area contributed by atoms with Crippen LogP contribution in [0, 0.1) is 5.92 Å². The van der Waals surface area contributed by atoms with Gasteiger partial charge >= 0.3 is 0 Å². The topological polar surface area (TPSA) is 85.6 Å². The van der Waals surface area contributed by atoms with Crippen molar-refractivity contribution in [3.8, 4) is 11.5 Å². The first kappa shape index (κ1) is 21.6. The summed E-state index contributed by atoms with van der Waals surface area (Å²) in [5.41, 5.74) is 10.2. The molecule has 1 aromatic carbocycles. The minimum Gasteiger partial charge on any atom is -0.486 e. The van der Waals surface area contributed by atoms with Crippen LogP contribution in [0.4, 0.5) is 0 Å². The lowest BCUT2D eigenvalue weighted by atomic mass is 9.83. The second-order valence-electron chi connectivity index (χ2n) is 8.98. The molecule has 2 atom stereocenters. The average molecular weight is 426 g/mol. The third-order valence-corrected chi connectivity index (χ3v) is 6.61. The third kappa shape index (κ3) is 5.54. The zero-order chi connectivity index (χ0) is 21.6. The highest BCUT2D eigenvalue weighted by atomic mass is 16.6. The Kier molecular flexibility index (Phi) is 7.05. The summed E-state index contributed by atoms with van der Waals surface area (Å²) in [6, 6.07) is 5.68. The maximum Gasteiger partial charge on any atom is 0.251 e. The summed E-state index contributed by atoms with van der Waals surface area (Å²) in [5.74, 6) is 2.01. The molecule has 6 heteroatoms. The van der Waals surface area contributed by atoms with Gasteiger partial charge in [0.2, 0.25) is 0 Å². The number of hydrogen-bond donors (Lipinski definition) is 3. The van der Waals surface area contributed by atoms with Gasteiger partial charge in [0.15, 0.2) is 11.5 Å². The Bertz CT molecular complexity index is 862. The van der Waals surface area contributed by atoms with Crippen LogP contribution in [0.5, 0.6) is 11.5 Å².